The van der Waals surface area contributed by atoms with Gasteiger partial charge < -0.3 is 19.2 Å². The molecule has 0 radical (unpaired) electrons. The van der Waals surface area contributed by atoms with Crippen LogP contribution in [0.3, 0.4) is 0 Å². The van der Waals surface area contributed by atoms with Gasteiger partial charge in [-0.2, -0.15) is 0 Å². The fourth-order valence-corrected chi connectivity index (χ4v) is 6.04. The van der Waals surface area contributed by atoms with Gasteiger partial charge in [0, 0.05) is 35.8 Å². The summed E-state index contributed by atoms with van der Waals surface area (Å²) in [6.07, 6.45) is 4.43. The third-order valence-electron chi connectivity index (χ3n) is 6.80. The molecule has 1 aromatic heterocycles. The van der Waals surface area contributed by atoms with Crippen molar-refractivity contribution in [1.29, 1.82) is 0 Å². The first kappa shape index (κ1) is 25.4. The van der Waals surface area contributed by atoms with Crippen LogP contribution in [-0.2, 0) is 12.8 Å². The SMILES string of the molecule is CCOc1cc2c(cc1OC)CCN(Sc1ccc(F)cc1F)C2CCc1c[nH]c2ccc(OC)cc12. The number of aryl methyl sites for hydroxylation is 1. The number of methoxy groups -OCH3 is 2. The molecule has 1 aliphatic rings. The number of ether oxygens (including phenoxy) is 3. The van der Waals surface area contributed by atoms with Gasteiger partial charge >= 0.3 is 0 Å². The van der Waals surface area contributed by atoms with Crippen molar-refractivity contribution in [3.8, 4) is 17.2 Å². The fraction of sp³-hybridized carbons (Fsp3) is 0.310. The molecular formula is C29H30F2N2O3S. The summed E-state index contributed by atoms with van der Waals surface area (Å²) in [7, 11) is 3.32. The molecule has 0 amide bonds. The first-order valence-electron chi connectivity index (χ1n) is 12.4. The quantitative estimate of drug-likeness (QED) is 0.237. The molecule has 8 heteroatoms. The number of H-pyrrole nitrogens is 1. The highest BCUT2D eigenvalue weighted by molar-refractivity contribution is 7.97. The van der Waals surface area contributed by atoms with Crippen LogP contribution in [0.5, 0.6) is 17.2 Å². The summed E-state index contributed by atoms with van der Waals surface area (Å²) in [5.41, 5.74) is 4.59. The van der Waals surface area contributed by atoms with E-state index in [1.165, 1.54) is 35.2 Å². The van der Waals surface area contributed by atoms with Crippen LogP contribution < -0.4 is 14.2 Å². The minimum absolute atomic E-state index is 0.0149. The Morgan fingerprint density at radius 2 is 1.89 bits per heavy atom. The van der Waals surface area contributed by atoms with Gasteiger partial charge in [0.15, 0.2) is 11.5 Å². The number of benzene rings is 3. The minimum Gasteiger partial charge on any atom is -0.497 e. The number of nitrogens with one attached hydrogen (secondary N) is 1. The lowest BCUT2D eigenvalue weighted by atomic mass is 9.90. The van der Waals surface area contributed by atoms with Gasteiger partial charge in [0.1, 0.15) is 17.4 Å². The third kappa shape index (κ3) is 5.26. The first-order chi connectivity index (χ1) is 18.0. The Hall–Kier alpha value is -3.23. The average Bonchev–Trinajstić information content (AvgIpc) is 3.31. The zero-order chi connectivity index (χ0) is 25.9. The molecule has 1 atom stereocenters. The molecular weight excluding hydrogens is 494 g/mol. The predicted octanol–water partition coefficient (Wildman–Crippen LogP) is 7.10. The van der Waals surface area contributed by atoms with E-state index in [0.29, 0.717) is 23.0 Å². The number of nitrogens with zero attached hydrogens (tertiary/aromatic N) is 1. The molecule has 3 aromatic carbocycles. The molecule has 1 N–H and O–H groups in total. The van der Waals surface area contributed by atoms with Crippen LogP contribution in [0, 0.1) is 11.6 Å². The lowest BCUT2D eigenvalue weighted by Crippen LogP contribution is -2.31. The number of aromatic nitrogens is 1. The number of hydrogen-bond donors (Lipinski definition) is 1. The standard InChI is InChI=1S/C29H30F2N2O3S/c1-4-36-28-16-23-18(13-27(28)35-3)11-12-33(37-29-10-6-20(30)14-24(29)31)26(23)9-5-19-17-32-25-8-7-21(34-2)15-22(19)25/h6-8,10,13-17,26,32H,4-5,9,11-12H2,1-3H3. The maximum absolute atomic E-state index is 14.6. The molecule has 1 aliphatic heterocycles. The van der Waals surface area contributed by atoms with Gasteiger partial charge in [-0.25, -0.2) is 13.1 Å². The van der Waals surface area contributed by atoms with E-state index >= 15 is 0 Å². The predicted molar refractivity (Wildman–Crippen MR) is 143 cm³/mol. The highest BCUT2D eigenvalue weighted by Crippen LogP contribution is 2.44. The van der Waals surface area contributed by atoms with E-state index in [2.05, 4.69) is 27.5 Å². The van der Waals surface area contributed by atoms with Gasteiger partial charge in [0.25, 0.3) is 0 Å². The van der Waals surface area contributed by atoms with Crippen molar-refractivity contribution in [2.75, 3.05) is 27.4 Å². The smallest absolute Gasteiger partial charge is 0.161 e. The molecule has 0 bridgehead atoms. The molecule has 2 heterocycles. The molecule has 0 saturated heterocycles. The van der Waals surface area contributed by atoms with Crippen LogP contribution >= 0.6 is 11.9 Å². The van der Waals surface area contributed by atoms with Crippen molar-refractivity contribution in [3.63, 3.8) is 0 Å². The Balaban J connectivity index is 1.50. The summed E-state index contributed by atoms with van der Waals surface area (Å²) >= 11 is 1.34. The largest absolute Gasteiger partial charge is 0.497 e. The molecule has 0 saturated carbocycles. The number of fused-ring (bicyclic) bond motifs is 2. The van der Waals surface area contributed by atoms with Gasteiger partial charge in [0.2, 0.25) is 0 Å². The van der Waals surface area contributed by atoms with Crippen molar-refractivity contribution < 1.29 is 23.0 Å². The van der Waals surface area contributed by atoms with Gasteiger partial charge in [-0.1, -0.05) is 0 Å². The lowest BCUT2D eigenvalue weighted by molar-refractivity contribution is 0.299. The van der Waals surface area contributed by atoms with Crippen molar-refractivity contribution >= 4 is 22.9 Å². The van der Waals surface area contributed by atoms with Crippen molar-refractivity contribution in [2.24, 2.45) is 0 Å². The summed E-state index contributed by atoms with van der Waals surface area (Å²) < 4.78 is 47.3. The zero-order valence-electron chi connectivity index (χ0n) is 21.1. The van der Waals surface area contributed by atoms with Crippen LogP contribution in [0.1, 0.15) is 36.1 Å². The first-order valence-corrected chi connectivity index (χ1v) is 13.1. The summed E-state index contributed by atoms with van der Waals surface area (Å²) in [6.45, 7) is 3.19. The Morgan fingerprint density at radius 3 is 2.65 bits per heavy atom. The average molecular weight is 525 g/mol. The Labute approximate surface area is 219 Å². The summed E-state index contributed by atoms with van der Waals surface area (Å²) in [6, 6.07) is 13.9. The molecule has 0 spiro atoms. The van der Waals surface area contributed by atoms with Gasteiger partial charge in [-0.15, -0.1) is 0 Å². The second-order valence-electron chi connectivity index (χ2n) is 8.97. The lowest BCUT2D eigenvalue weighted by Gasteiger charge is -2.37. The van der Waals surface area contributed by atoms with Crippen LogP contribution in [0.2, 0.25) is 0 Å². The van der Waals surface area contributed by atoms with Crippen molar-refractivity contribution in [1.82, 2.24) is 9.29 Å². The van der Waals surface area contributed by atoms with Gasteiger partial charge in [0.05, 0.1) is 25.7 Å². The Bertz CT molecular complexity index is 1410. The topological polar surface area (TPSA) is 46.7 Å². The number of hydrogen-bond acceptors (Lipinski definition) is 5. The van der Waals surface area contributed by atoms with Crippen molar-refractivity contribution in [2.45, 2.75) is 37.1 Å². The molecule has 4 aromatic rings. The Kier molecular flexibility index (Phi) is 7.58. The summed E-state index contributed by atoms with van der Waals surface area (Å²) in [5, 5.41) is 1.13. The van der Waals surface area contributed by atoms with Gasteiger partial charge in [-0.3, -0.25) is 0 Å². The highest BCUT2D eigenvalue weighted by Gasteiger charge is 2.31. The van der Waals surface area contributed by atoms with Crippen LogP contribution in [0.4, 0.5) is 8.78 Å². The maximum Gasteiger partial charge on any atom is 0.161 e. The second-order valence-corrected chi connectivity index (χ2v) is 10.1. The summed E-state index contributed by atoms with van der Waals surface area (Å²) in [5.74, 6) is 1.10. The normalized spacial score (nSPS) is 15.5. The van der Waals surface area contributed by atoms with E-state index in [1.54, 1.807) is 14.2 Å². The molecule has 5 nitrogen and oxygen atoms in total. The van der Waals surface area contributed by atoms with E-state index < -0.39 is 11.6 Å². The van der Waals surface area contributed by atoms with E-state index in [9.17, 15) is 8.78 Å². The molecule has 5 rings (SSSR count). The minimum atomic E-state index is -0.578. The van der Waals surface area contributed by atoms with Gasteiger partial charge in [-0.05, 0) is 97.3 Å². The summed E-state index contributed by atoms with van der Waals surface area (Å²) in [4.78, 5) is 3.76. The molecule has 194 valence electrons. The van der Waals surface area contributed by atoms with Crippen LogP contribution in [-0.4, -0.2) is 36.7 Å². The maximum atomic E-state index is 14.6. The third-order valence-corrected chi connectivity index (χ3v) is 8.00. The number of rotatable bonds is 9. The van der Waals surface area contributed by atoms with E-state index in [1.807, 2.05) is 25.3 Å². The number of aromatic amines is 1. The zero-order valence-corrected chi connectivity index (χ0v) is 22.0. The highest BCUT2D eigenvalue weighted by atomic mass is 32.2. The fourth-order valence-electron chi connectivity index (χ4n) is 4.98. The van der Waals surface area contributed by atoms with E-state index in [4.69, 9.17) is 14.2 Å². The molecule has 37 heavy (non-hydrogen) atoms. The van der Waals surface area contributed by atoms with E-state index in [0.717, 1.165) is 54.1 Å². The van der Waals surface area contributed by atoms with Crippen molar-refractivity contribution in [3.05, 3.63) is 83.1 Å². The monoisotopic (exact) mass is 524 g/mol. The Morgan fingerprint density at radius 1 is 1.03 bits per heavy atom. The van der Waals surface area contributed by atoms with E-state index in [-0.39, 0.29) is 6.04 Å². The molecule has 1 unspecified atom stereocenters. The number of halogens is 2. The molecule has 0 aliphatic carbocycles. The van der Waals surface area contributed by atoms with Crippen LogP contribution in [0.15, 0.2) is 59.6 Å². The second kappa shape index (κ2) is 11.0. The molecule has 0 fully saturated rings. The van der Waals surface area contributed by atoms with Crippen LogP contribution in [0.25, 0.3) is 10.9 Å².